The molecular formula is C14H15ClN2O2S. The summed E-state index contributed by atoms with van der Waals surface area (Å²) >= 11 is 6.88. The van der Waals surface area contributed by atoms with E-state index in [1.165, 1.54) is 11.8 Å². The molecule has 1 amide bonds. The Hall–Kier alpha value is -1.51. The molecule has 106 valence electrons. The summed E-state index contributed by atoms with van der Waals surface area (Å²) in [4.78, 5) is 25.6. The van der Waals surface area contributed by atoms with Crippen LogP contribution in [0.5, 0.6) is 0 Å². The number of hydrogen-bond acceptors (Lipinski definition) is 4. The van der Waals surface area contributed by atoms with Gasteiger partial charge in [0, 0.05) is 24.1 Å². The predicted octanol–water partition coefficient (Wildman–Crippen LogP) is 2.57. The first-order valence-corrected chi connectivity index (χ1v) is 7.53. The van der Waals surface area contributed by atoms with E-state index in [1.54, 1.807) is 36.2 Å². The van der Waals surface area contributed by atoms with E-state index in [9.17, 15) is 9.59 Å². The third-order valence-electron chi connectivity index (χ3n) is 2.64. The number of benzene rings is 1. The van der Waals surface area contributed by atoms with Gasteiger partial charge < -0.3 is 4.90 Å². The van der Waals surface area contributed by atoms with E-state index in [2.05, 4.69) is 0 Å². The predicted molar refractivity (Wildman–Crippen MR) is 80.1 cm³/mol. The first-order chi connectivity index (χ1) is 9.58. The molecule has 0 unspecified atom stereocenters. The average molecular weight is 311 g/mol. The van der Waals surface area contributed by atoms with E-state index in [-0.39, 0.29) is 17.6 Å². The van der Waals surface area contributed by atoms with Crippen molar-refractivity contribution in [1.29, 1.82) is 5.26 Å². The Bertz CT molecular complexity index is 511. The molecule has 1 aromatic carbocycles. The van der Waals surface area contributed by atoms with Crippen LogP contribution in [0.3, 0.4) is 0 Å². The van der Waals surface area contributed by atoms with E-state index in [1.807, 2.05) is 6.07 Å². The lowest BCUT2D eigenvalue weighted by Gasteiger charge is -2.14. The van der Waals surface area contributed by atoms with Crippen molar-refractivity contribution >= 4 is 35.1 Å². The summed E-state index contributed by atoms with van der Waals surface area (Å²) in [5, 5.41) is 8.47. The van der Waals surface area contributed by atoms with Crippen LogP contribution in [0.4, 0.5) is 0 Å². The number of halogens is 1. The molecule has 0 saturated heterocycles. The molecule has 0 heterocycles. The number of Topliss-reactive ketones (excluding diaryl/α,β-unsaturated/α-hetero) is 1. The molecular weight excluding hydrogens is 296 g/mol. The number of thioether (sulfide) groups is 1. The number of amides is 1. The Morgan fingerprint density at radius 3 is 2.55 bits per heavy atom. The molecule has 0 atom stereocenters. The van der Waals surface area contributed by atoms with Crippen LogP contribution in [0.25, 0.3) is 0 Å². The molecule has 0 aliphatic heterocycles. The molecule has 0 spiro atoms. The van der Waals surface area contributed by atoms with E-state index in [0.29, 0.717) is 24.3 Å². The topological polar surface area (TPSA) is 61.2 Å². The third-order valence-corrected chi connectivity index (χ3v) is 3.88. The second kappa shape index (κ2) is 8.62. The lowest BCUT2D eigenvalue weighted by atomic mass is 10.1. The summed E-state index contributed by atoms with van der Waals surface area (Å²) in [5.41, 5.74) is 0.571. The Labute approximate surface area is 127 Å². The molecule has 0 radical (unpaired) electrons. The normalized spacial score (nSPS) is 9.85. The van der Waals surface area contributed by atoms with Gasteiger partial charge in [-0.2, -0.15) is 5.26 Å². The van der Waals surface area contributed by atoms with Gasteiger partial charge in [-0.05, 0) is 12.1 Å². The zero-order valence-corrected chi connectivity index (χ0v) is 12.7. The van der Waals surface area contributed by atoms with Crippen molar-refractivity contribution in [3.8, 4) is 6.07 Å². The molecule has 0 aromatic heterocycles. The largest absolute Gasteiger partial charge is 0.344 e. The van der Waals surface area contributed by atoms with E-state index >= 15 is 0 Å². The highest BCUT2D eigenvalue weighted by Crippen LogP contribution is 2.19. The maximum Gasteiger partial charge on any atom is 0.232 e. The van der Waals surface area contributed by atoms with Gasteiger partial charge in [-0.1, -0.05) is 12.1 Å². The maximum atomic E-state index is 11.8. The molecule has 1 aromatic rings. The summed E-state index contributed by atoms with van der Waals surface area (Å²) in [6.07, 6.45) is 0.335. The number of hydrogen-bond donors (Lipinski definition) is 0. The fourth-order valence-electron chi connectivity index (χ4n) is 1.41. The minimum atomic E-state index is -0.115. The van der Waals surface area contributed by atoms with Gasteiger partial charge in [-0.15, -0.1) is 23.4 Å². The van der Waals surface area contributed by atoms with Crippen molar-refractivity contribution in [3.05, 3.63) is 29.8 Å². The minimum absolute atomic E-state index is 0.0221. The molecule has 0 bridgehead atoms. The number of carbonyl (C=O) groups is 2. The molecule has 0 aliphatic rings. The number of carbonyl (C=O) groups excluding carboxylic acids is 2. The van der Waals surface area contributed by atoms with Crippen LogP contribution >= 0.6 is 23.4 Å². The maximum absolute atomic E-state index is 11.8. The van der Waals surface area contributed by atoms with Gasteiger partial charge >= 0.3 is 0 Å². The quantitative estimate of drug-likeness (QED) is 0.441. The highest BCUT2D eigenvalue weighted by Gasteiger charge is 2.09. The van der Waals surface area contributed by atoms with Gasteiger partial charge in [0.1, 0.15) is 0 Å². The summed E-state index contributed by atoms with van der Waals surface area (Å²) in [6, 6.07) is 9.01. The third kappa shape index (κ3) is 5.24. The molecule has 4 nitrogen and oxygen atoms in total. The lowest BCUT2D eigenvalue weighted by Crippen LogP contribution is -2.29. The van der Waals surface area contributed by atoms with Gasteiger partial charge in [0.05, 0.1) is 24.1 Å². The Balaban J connectivity index is 2.48. The van der Waals surface area contributed by atoms with E-state index in [4.69, 9.17) is 16.9 Å². The molecule has 0 fully saturated rings. The lowest BCUT2D eigenvalue weighted by molar-refractivity contribution is -0.127. The van der Waals surface area contributed by atoms with Crippen LogP contribution in [-0.4, -0.2) is 41.8 Å². The highest BCUT2D eigenvalue weighted by atomic mass is 35.5. The highest BCUT2D eigenvalue weighted by molar-refractivity contribution is 8.00. The van der Waals surface area contributed by atoms with Crippen molar-refractivity contribution in [2.75, 3.05) is 25.2 Å². The summed E-state index contributed by atoms with van der Waals surface area (Å²) in [7, 11) is 1.68. The second-order valence-corrected chi connectivity index (χ2v) is 5.41. The van der Waals surface area contributed by atoms with Crippen molar-refractivity contribution in [3.63, 3.8) is 0 Å². The Kier molecular flexibility index (Phi) is 7.13. The zero-order valence-electron chi connectivity index (χ0n) is 11.1. The fourth-order valence-corrected chi connectivity index (χ4v) is 2.41. The molecule has 0 saturated carbocycles. The van der Waals surface area contributed by atoms with Crippen LogP contribution in [0.15, 0.2) is 29.2 Å². The summed E-state index contributed by atoms with van der Waals surface area (Å²) in [6.45, 7) is 0.444. The fraction of sp³-hybridized carbons (Fsp3) is 0.357. The number of alkyl halides is 1. The SMILES string of the molecule is CN(CCC#N)C(=O)CSc1ccc(C(=O)CCl)cc1. The summed E-state index contributed by atoms with van der Waals surface area (Å²) < 4.78 is 0. The monoisotopic (exact) mass is 310 g/mol. The number of rotatable bonds is 7. The van der Waals surface area contributed by atoms with Crippen LogP contribution in [0.2, 0.25) is 0 Å². The molecule has 6 heteroatoms. The van der Waals surface area contributed by atoms with Gasteiger partial charge in [-0.25, -0.2) is 0 Å². The first-order valence-electron chi connectivity index (χ1n) is 6.01. The second-order valence-electron chi connectivity index (χ2n) is 4.09. The van der Waals surface area contributed by atoms with Crippen molar-refractivity contribution in [2.24, 2.45) is 0 Å². The van der Waals surface area contributed by atoms with Crippen LogP contribution < -0.4 is 0 Å². The Morgan fingerprint density at radius 2 is 2.00 bits per heavy atom. The number of nitriles is 1. The van der Waals surface area contributed by atoms with Gasteiger partial charge in [-0.3, -0.25) is 9.59 Å². The zero-order chi connectivity index (χ0) is 15.0. The van der Waals surface area contributed by atoms with Crippen molar-refractivity contribution in [1.82, 2.24) is 4.90 Å². The number of ketones is 1. The molecule has 20 heavy (non-hydrogen) atoms. The van der Waals surface area contributed by atoms with Gasteiger partial charge in [0.15, 0.2) is 5.78 Å². The first kappa shape index (κ1) is 16.5. The smallest absolute Gasteiger partial charge is 0.232 e. The molecule has 1 rings (SSSR count). The van der Waals surface area contributed by atoms with Crippen molar-refractivity contribution in [2.45, 2.75) is 11.3 Å². The van der Waals surface area contributed by atoms with E-state index < -0.39 is 0 Å². The standard InChI is InChI=1S/C14H15ClN2O2S/c1-17(8-2-7-16)14(19)10-20-12-5-3-11(4-6-12)13(18)9-15/h3-6H,2,8-10H2,1H3. The average Bonchev–Trinajstić information content (AvgIpc) is 2.49. The molecule has 0 aliphatic carbocycles. The van der Waals surface area contributed by atoms with Crippen LogP contribution in [0.1, 0.15) is 16.8 Å². The Morgan fingerprint density at radius 1 is 1.35 bits per heavy atom. The van der Waals surface area contributed by atoms with Gasteiger partial charge in [0.25, 0.3) is 0 Å². The molecule has 0 N–H and O–H groups in total. The van der Waals surface area contributed by atoms with Gasteiger partial charge in [0.2, 0.25) is 5.91 Å². The van der Waals surface area contributed by atoms with Crippen LogP contribution in [0, 0.1) is 11.3 Å². The summed E-state index contributed by atoms with van der Waals surface area (Å²) in [5.74, 6) is 0.140. The number of nitrogens with zero attached hydrogens (tertiary/aromatic N) is 2. The van der Waals surface area contributed by atoms with Crippen LogP contribution in [-0.2, 0) is 4.79 Å². The van der Waals surface area contributed by atoms with E-state index in [0.717, 1.165) is 4.90 Å². The minimum Gasteiger partial charge on any atom is -0.344 e. The van der Waals surface area contributed by atoms with Crippen molar-refractivity contribution < 1.29 is 9.59 Å².